The van der Waals surface area contributed by atoms with E-state index in [9.17, 15) is 8.42 Å². The number of hydrogen-bond acceptors (Lipinski definition) is 3. The first-order chi connectivity index (χ1) is 6.63. The van der Waals surface area contributed by atoms with Crippen molar-refractivity contribution >= 4 is 22.0 Å². The quantitative estimate of drug-likeness (QED) is 0.639. The van der Waals surface area contributed by atoms with Crippen molar-refractivity contribution in [2.24, 2.45) is 4.40 Å². The summed E-state index contributed by atoms with van der Waals surface area (Å²) in [5.74, 6) is 2.37. The minimum absolute atomic E-state index is 0.121. The molecule has 1 aliphatic rings. The van der Waals surface area contributed by atoms with Crippen molar-refractivity contribution in [2.45, 2.75) is 4.90 Å². The summed E-state index contributed by atoms with van der Waals surface area (Å²) < 4.78 is 26.2. The average molecular weight is 206 g/mol. The minimum atomic E-state index is -3.56. The zero-order chi connectivity index (χ0) is 10.2. The van der Waals surface area contributed by atoms with Gasteiger partial charge in [-0.3, -0.25) is 0 Å². The Morgan fingerprint density at radius 2 is 2.21 bits per heavy atom. The van der Waals surface area contributed by atoms with Crippen LogP contribution in [0, 0.1) is 12.3 Å². The lowest BCUT2D eigenvalue weighted by Crippen LogP contribution is -2.11. The molecule has 1 aliphatic heterocycles. The first-order valence-corrected chi connectivity index (χ1v) is 5.23. The zero-order valence-corrected chi connectivity index (χ0v) is 7.88. The summed E-state index contributed by atoms with van der Waals surface area (Å²) in [6, 6.07) is 4.71. The largest absolute Gasteiger partial charge is 0.345 e. The highest BCUT2D eigenvalue weighted by Gasteiger charge is 2.20. The van der Waals surface area contributed by atoms with E-state index in [4.69, 9.17) is 6.42 Å². The van der Waals surface area contributed by atoms with Crippen molar-refractivity contribution in [1.29, 1.82) is 0 Å². The molecule has 5 heteroatoms. The maximum absolute atomic E-state index is 11.4. The molecule has 0 radical (unpaired) electrons. The SMILES string of the molecule is C#Cc1ccc2c(c1)S(=O)(=O)N=CN2. The Bertz CT molecular complexity index is 553. The van der Waals surface area contributed by atoms with Gasteiger partial charge < -0.3 is 5.32 Å². The summed E-state index contributed by atoms with van der Waals surface area (Å²) >= 11 is 0. The van der Waals surface area contributed by atoms with E-state index in [2.05, 4.69) is 15.6 Å². The van der Waals surface area contributed by atoms with Crippen LogP contribution >= 0.6 is 0 Å². The summed E-state index contributed by atoms with van der Waals surface area (Å²) in [4.78, 5) is 0.121. The van der Waals surface area contributed by atoms with E-state index >= 15 is 0 Å². The molecule has 0 aliphatic carbocycles. The molecule has 1 aromatic carbocycles. The third kappa shape index (κ3) is 1.26. The summed E-state index contributed by atoms with van der Waals surface area (Å²) in [5, 5.41) is 2.73. The van der Waals surface area contributed by atoms with E-state index in [1.807, 2.05) is 0 Å². The summed E-state index contributed by atoms with van der Waals surface area (Å²) in [7, 11) is -3.56. The lowest BCUT2D eigenvalue weighted by atomic mass is 10.2. The van der Waals surface area contributed by atoms with Crippen molar-refractivity contribution < 1.29 is 8.42 Å². The highest BCUT2D eigenvalue weighted by molar-refractivity contribution is 7.90. The number of rotatable bonds is 0. The Labute approximate surface area is 81.7 Å². The van der Waals surface area contributed by atoms with Crippen molar-refractivity contribution in [3.05, 3.63) is 23.8 Å². The second kappa shape index (κ2) is 2.86. The molecule has 70 valence electrons. The topological polar surface area (TPSA) is 58.5 Å². The number of nitrogens with one attached hydrogen (secondary N) is 1. The number of fused-ring (bicyclic) bond motifs is 1. The van der Waals surface area contributed by atoms with Crippen LogP contribution in [0.15, 0.2) is 27.5 Å². The van der Waals surface area contributed by atoms with Gasteiger partial charge in [0.2, 0.25) is 0 Å². The second-order valence-electron chi connectivity index (χ2n) is 2.71. The van der Waals surface area contributed by atoms with Crippen LogP contribution in [0.5, 0.6) is 0 Å². The van der Waals surface area contributed by atoms with Gasteiger partial charge in [0.05, 0.1) is 5.69 Å². The maximum atomic E-state index is 11.4. The number of nitrogens with zero attached hydrogens (tertiary/aromatic N) is 1. The summed E-state index contributed by atoms with van der Waals surface area (Å²) in [6.45, 7) is 0. The van der Waals surface area contributed by atoms with Crippen LogP contribution in [0.1, 0.15) is 5.56 Å². The number of hydrogen-bond donors (Lipinski definition) is 1. The molecule has 14 heavy (non-hydrogen) atoms. The van der Waals surface area contributed by atoms with Crippen LogP contribution in [0.25, 0.3) is 0 Å². The molecule has 0 atom stereocenters. The molecule has 0 amide bonds. The molecule has 4 nitrogen and oxygen atoms in total. The molecule has 1 aromatic rings. The molecule has 0 saturated carbocycles. The Morgan fingerprint density at radius 1 is 1.43 bits per heavy atom. The number of sulfonamides is 1. The van der Waals surface area contributed by atoms with Crippen LogP contribution in [0.4, 0.5) is 5.69 Å². The lowest BCUT2D eigenvalue weighted by molar-refractivity contribution is 0.598. The van der Waals surface area contributed by atoms with E-state index in [0.717, 1.165) is 6.34 Å². The van der Waals surface area contributed by atoms with E-state index in [1.165, 1.54) is 6.07 Å². The number of benzene rings is 1. The minimum Gasteiger partial charge on any atom is -0.345 e. The molecular weight excluding hydrogens is 200 g/mol. The lowest BCUT2D eigenvalue weighted by Gasteiger charge is -2.11. The van der Waals surface area contributed by atoms with Gasteiger partial charge in [-0.1, -0.05) is 5.92 Å². The maximum Gasteiger partial charge on any atom is 0.285 e. The predicted molar refractivity (Wildman–Crippen MR) is 53.7 cm³/mol. The first-order valence-electron chi connectivity index (χ1n) is 3.79. The normalized spacial score (nSPS) is 16.5. The predicted octanol–water partition coefficient (Wildman–Crippen LogP) is 0.810. The molecular formula is C9H6N2O2S. The summed E-state index contributed by atoms with van der Waals surface area (Å²) in [5.41, 5.74) is 1.02. The zero-order valence-electron chi connectivity index (χ0n) is 7.06. The van der Waals surface area contributed by atoms with Crippen molar-refractivity contribution in [1.82, 2.24) is 0 Å². The molecule has 1 N–H and O–H groups in total. The van der Waals surface area contributed by atoms with Gasteiger partial charge in [-0.05, 0) is 18.2 Å². The Morgan fingerprint density at radius 3 is 2.93 bits per heavy atom. The highest BCUT2D eigenvalue weighted by Crippen LogP contribution is 2.26. The molecule has 0 spiro atoms. The fraction of sp³-hybridized carbons (Fsp3) is 0. The van der Waals surface area contributed by atoms with Gasteiger partial charge in [0.15, 0.2) is 0 Å². The van der Waals surface area contributed by atoms with E-state index < -0.39 is 10.0 Å². The number of anilines is 1. The molecule has 0 bridgehead atoms. The molecule has 0 saturated heterocycles. The van der Waals surface area contributed by atoms with Crippen LogP contribution in [0.2, 0.25) is 0 Å². The average Bonchev–Trinajstić information content (AvgIpc) is 2.17. The standard InChI is InChI=1S/C9H6N2O2S/c1-2-7-3-4-8-9(5-7)14(12,13)11-6-10-8/h1,3-6H,(H,10,11). The Balaban J connectivity index is 2.73. The molecule has 1 heterocycles. The van der Waals surface area contributed by atoms with Gasteiger partial charge in [-0.25, -0.2) is 0 Å². The van der Waals surface area contributed by atoms with Gasteiger partial charge in [-0.2, -0.15) is 8.42 Å². The molecule has 0 unspecified atom stereocenters. The van der Waals surface area contributed by atoms with E-state index in [-0.39, 0.29) is 4.90 Å². The molecule has 2 rings (SSSR count). The Kier molecular flexibility index (Phi) is 1.79. The molecule has 0 aromatic heterocycles. The van der Waals surface area contributed by atoms with Gasteiger partial charge in [0, 0.05) is 5.56 Å². The van der Waals surface area contributed by atoms with Crippen molar-refractivity contribution in [2.75, 3.05) is 5.32 Å². The van der Waals surface area contributed by atoms with Crippen LogP contribution in [-0.4, -0.2) is 14.8 Å². The fourth-order valence-corrected chi connectivity index (χ4v) is 2.15. The van der Waals surface area contributed by atoms with Crippen LogP contribution in [0.3, 0.4) is 0 Å². The molecule has 0 fully saturated rings. The fourth-order valence-electron chi connectivity index (χ4n) is 1.17. The van der Waals surface area contributed by atoms with Gasteiger partial charge in [0.1, 0.15) is 11.2 Å². The first kappa shape index (κ1) is 8.78. The van der Waals surface area contributed by atoms with Gasteiger partial charge >= 0.3 is 0 Å². The third-order valence-electron chi connectivity index (χ3n) is 1.84. The smallest absolute Gasteiger partial charge is 0.285 e. The van der Waals surface area contributed by atoms with Crippen LogP contribution in [-0.2, 0) is 10.0 Å². The van der Waals surface area contributed by atoms with E-state index in [1.54, 1.807) is 12.1 Å². The van der Waals surface area contributed by atoms with Crippen molar-refractivity contribution in [3.8, 4) is 12.3 Å². The summed E-state index contributed by atoms with van der Waals surface area (Å²) in [6.07, 6.45) is 6.31. The van der Waals surface area contributed by atoms with E-state index in [0.29, 0.717) is 11.3 Å². The Hall–Kier alpha value is -1.80. The van der Waals surface area contributed by atoms with Gasteiger partial charge in [0.25, 0.3) is 10.0 Å². The van der Waals surface area contributed by atoms with Gasteiger partial charge in [-0.15, -0.1) is 10.8 Å². The monoisotopic (exact) mass is 206 g/mol. The van der Waals surface area contributed by atoms with Crippen LogP contribution < -0.4 is 5.32 Å². The highest BCUT2D eigenvalue weighted by atomic mass is 32.2. The third-order valence-corrected chi connectivity index (χ3v) is 3.11. The number of terminal acetylenes is 1. The van der Waals surface area contributed by atoms with Crippen molar-refractivity contribution in [3.63, 3.8) is 0 Å². The second-order valence-corrected chi connectivity index (χ2v) is 4.31.